The third-order valence-electron chi connectivity index (χ3n) is 4.48. The molecule has 0 aliphatic carbocycles. The predicted octanol–water partition coefficient (Wildman–Crippen LogP) is 3.03. The number of ether oxygens (including phenoxy) is 1. The lowest BCUT2D eigenvalue weighted by Crippen LogP contribution is -2.29. The Balaban J connectivity index is 1.69. The highest BCUT2D eigenvalue weighted by molar-refractivity contribution is 5.40. The van der Waals surface area contributed by atoms with E-state index in [0.717, 1.165) is 24.7 Å². The average molecular weight is 314 g/mol. The summed E-state index contributed by atoms with van der Waals surface area (Å²) < 4.78 is 7.40. The van der Waals surface area contributed by atoms with E-state index in [2.05, 4.69) is 33.5 Å². The smallest absolute Gasteiger partial charge is 0.124 e. The van der Waals surface area contributed by atoms with Crippen molar-refractivity contribution in [1.29, 1.82) is 0 Å². The number of aryl methyl sites for hydroxylation is 1. The molecule has 2 heterocycles. The van der Waals surface area contributed by atoms with Crippen molar-refractivity contribution in [2.75, 3.05) is 25.5 Å². The number of rotatable bonds is 6. The second kappa shape index (κ2) is 7.51. The molecule has 1 aromatic heterocycles. The third kappa shape index (κ3) is 4.05. The van der Waals surface area contributed by atoms with Gasteiger partial charge >= 0.3 is 0 Å². The van der Waals surface area contributed by atoms with Crippen LogP contribution < -0.4 is 10.1 Å². The highest BCUT2D eigenvalue weighted by Crippen LogP contribution is 2.23. The number of hydrogen-bond acceptors (Lipinski definition) is 4. The number of methoxy groups -OCH3 is 1. The number of benzene rings is 1. The van der Waals surface area contributed by atoms with Gasteiger partial charge in [0.15, 0.2) is 0 Å². The monoisotopic (exact) mass is 314 g/mol. The Morgan fingerprint density at radius 1 is 1.17 bits per heavy atom. The highest BCUT2D eigenvalue weighted by Gasteiger charge is 2.13. The summed E-state index contributed by atoms with van der Waals surface area (Å²) in [5.41, 5.74) is 2.54. The van der Waals surface area contributed by atoms with Gasteiger partial charge in [-0.15, -0.1) is 0 Å². The van der Waals surface area contributed by atoms with Crippen molar-refractivity contribution < 1.29 is 4.74 Å². The van der Waals surface area contributed by atoms with Gasteiger partial charge in [0, 0.05) is 31.8 Å². The Kier molecular flexibility index (Phi) is 5.18. The Morgan fingerprint density at radius 3 is 2.70 bits per heavy atom. The van der Waals surface area contributed by atoms with E-state index >= 15 is 0 Å². The summed E-state index contributed by atoms with van der Waals surface area (Å²) in [7, 11) is 3.70. The van der Waals surface area contributed by atoms with Gasteiger partial charge in [-0.3, -0.25) is 9.58 Å². The zero-order chi connectivity index (χ0) is 16.1. The van der Waals surface area contributed by atoms with E-state index in [1.165, 1.54) is 43.5 Å². The first kappa shape index (κ1) is 15.9. The van der Waals surface area contributed by atoms with Crippen molar-refractivity contribution in [3.05, 3.63) is 41.6 Å². The zero-order valence-electron chi connectivity index (χ0n) is 14.1. The van der Waals surface area contributed by atoms with E-state index in [9.17, 15) is 0 Å². The van der Waals surface area contributed by atoms with Crippen molar-refractivity contribution in [1.82, 2.24) is 14.7 Å². The minimum Gasteiger partial charge on any atom is -0.496 e. The number of anilines is 1. The second-order valence-corrected chi connectivity index (χ2v) is 6.18. The summed E-state index contributed by atoms with van der Waals surface area (Å²) in [5.74, 6) is 2.01. The summed E-state index contributed by atoms with van der Waals surface area (Å²) >= 11 is 0. The van der Waals surface area contributed by atoms with Gasteiger partial charge in [0.25, 0.3) is 0 Å². The number of likely N-dealkylation sites (tertiary alicyclic amines) is 1. The molecule has 5 heteroatoms. The van der Waals surface area contributed by atoms with Crippen LogP contribution in [0.3, 0.4) is 0 Å². The first-order valence-electron chi connectivity index (χ1n) is 8.36. The first-order valence-corrected chi connectivity index (χ1v) is 8.36. The molecule has 1 saturated heterocycles. The van der Waals surface area contributed by atoms with Crippen LogP contribution in [0.4, 0.5) is 5.82 Å². The molecule has 5 nitrogen and oxygen atoms in total. The summed E-state index contributed by atoms with van der Waals surface area (Å²) in [4.78, 5) is 2.53. The van der Waals surface area contributed by atoms with Crippen molar-refractivity contribution in [2.24, 2.45) is 7.05 Å². The SMILES string of the molecule is COc1ccc(CNc2ccnn2C)cc1CN1CCCCC1. The minimum atomic E-state index is 0.788. The van der Waals surface area contributed by atoms with E-state index in [0.29, 0.717) is 0 Å². The Hall–Kier alpha value is -2.01. The molecule has 0 spiro atoms. The molecule has 1 aromatic carbocycles. The van der Waals surface area contributed by atoms with Gasteiger partial charge in [0.2, 0.25) is 0 Å². The molecule has 0 amide bonds. The fourth-order valence-electron chi connectivity index (χ4n) is 3.16. The highest BCUT2D eigenvalue weighted by atomic mass is 16.5. The number of hydrogen-bond donors (Lipinski definition) is 1. The fraction of sp³-hybridized carbons (Fsp3) is 0.500. The maximum Gasteiger partial charge on any atom is 0.124 e. The topological polar surface area (TPSA) is 42.3 Å². The van der Waals surface area contributed by atoms with E-state index < -0.39 is 0 Å². The van der Waals surface area contributed by atoms with Gasteiger partial charge in [0.05, 0.1) is 13.3 Å². The van der Waals surface area contributed by atoms with Gasteiger partial charge in [-0.25, -0.2) is 0 Å². The van der Waals surface area contributed by atoms with Gasteiger partial charge < -0.3 is 10.1 Å². The fourth-order valence-corrected chi connectivity index (χ4v) is 3.16. The number of nitrogens with one attached hydrogen (secondary N) is 1. The molecular formula is C18H26N4O. The average Bonchev–Trinajstić information content (AvgIpc) is 2.99. The molecule has 3 rings (SSSR count). The van der Waals surface area contributed by atoms with Crippen LogP contribution in [-0.4, -0.2) is 34.9 Å². The summed E-state index contributed by atoms with van der Waals surface area (Å²) in [6.07, 6.45) is 5.79. The molecule has 23 heavy (non-hydrogen) atoms. The van der Waals surface area contributed by atoms with E-state index in [1.807, 2.05) is 17.8 Å². The van der Waals surface area contributed by atoms with Crippen LogP contribution >= 0.6 is 0 Å². The Labute approximate surface area is 138 Å². The first-order chi connectivity index (χ1) is 11.3. The van der Waals surface area contributed by atoms with Crippen molar-refractivity contribution >= 4 is 5.82 Å². The Bertz CT molecular complexity index is 632. The van der Waals surface area contributed by atoms with Crippen molar-refractivity contribution in [3.8, 4) is 5.75 Å². The van der Waals surface area contributed by atoms with Crippen LogP contribution in [0.2, 0.25) is 0 Å². The number of piperidine rings is 1. The lowest BCUT2D eigenvalue weighted by atomic mass is 10.1. The quantitative estimate of drug-likeness (QED) is 0.890. The maximum atomic E-state index is 5.55. The molecule has 0 atom stereocenters. The van der Waals surface area contributed by atoms with Crippen molar-refractivity contribution in [2.45, 2.75) is 32.4 Å². The van der Waals surface area contributed by atoms with Gasteiger partial charge in [0.1, 0.15) is 11.6 Å². The minimum absolute atomic E-state index is 0.788. The van der Waals surface area contributed by atoms with E-state index in [-0.39, 0.29) is 0 Å². The van der Waals surface area contributed by atoms with Crippen LogP contribution in [0.15, 0.2) is 30.5 Å². The third-order valence-corrected chi connectivity index (χ3v) is 4.48. The van der Waals surface area contributed by atoms with Gasteiger partial charge in [-0.1, -0.05) is 12.5 Å². The lowest BCUT2D eigenvalue weighted by Gasteiger charge is -2.27. The van der Waals surface area contributed by atoms with Crippen LogP contribution in [0, 0.1) is 0 Å². The van der Waals surface area contributed by atoms with E-state index in [4.69, 9.17) is 4.74 Å². The molecule has 1 N–H and O–H groups in total. The van der Waals surface area contributed by atoms with Crippen LogP contribution in [0.25, 0.3) is 0 Å². The standard InChI is InChI=1S/C18H26N4O/c1-21-18(8-9-20-21)19-13-15-6-7-17(23-2)16(12-15)14-22-10-4-3-5-11-22/h6-9,12,19H,3-5,10-11,13-14H2,1-2H3. The molecule has 0 unspecified atom stereocenters. The van der Waals surface area contributed by atoms with Gasteiger partial charge in [-0.2, -0.15) is 5.10 Å². The molecule has 124 valence electrons. The van der Waals surface area contributed by atoms with Crippen LogP contribution in [0.1, 0.15) is 30.4 Å². The van der Waals surface area contributed by atoms with Crippen LogP contribution in [-0.2, 0) is 20.1 Å². The zero-order valence-corrected chi connectivity index (χ0v) is 14.1. The van der Waals surface area contributed by atoms with E-state index in [1.54, 1.807) is 13.3 Å². The molecule has 1 fully saturated rings. The molecule has 0 saturated carbocycles. The molecule has 1 aliphatic rings. The second-order valence-electron chi connectivity index (χ2n) is 6.18. The predicted molar refractivity (Wildman–Crippen MR) is 92.7 cm³/mol. The number of nitrogens with zero attached hydrogens (tertiary/aromatic N) is 3. The lowest BCUT2D eigenvalue weighted by molar-refractivity contribution is 0.218. The molecule has 0 bridgehead atoms. The van der Waals surface area contributed by atoms with Gasteiger partial charge in [-0.05, 0) is 43.6 Å². The maximum absolute atomic E-state index is 5.55. The summed E-state index contributed by atoms with van der Waals surface area (Å²) in [6, 6.07) is 8.45. The molecule has 2 aromatic rings. The summed E-state index contributed by atoms with van der Waals surface area (Å²) in [5, 5.41) is 7.60. The molecule has 0 radical (unpaired) electrons. The van der Waals surface area contributed by atoms with Crippen LogP contribution in [0.5, 0.6) is 5.75 Å². The number of aromatic nitrogens is 2. The molecule has 1 aliphatic heterocycles. The Morgan fingerprint density at radius 2 is 2.00 bits per heavy atom. The molecular weight excluding hydrogens is 288 g/mol. The normalized spacial score (nSPS) is 15.6. The largest absolute Gasteiger partial charge is 0.496 e. The van der Waals surface area contributed by atoms with Crippen molar-refractivity contribution in [3.63, 3.8) is 0 Å². The summed E-state index contributed by atoms with van der Waals surface area (Å²) in [6.45, 7) is 4.15.